The van der Waals surface area contributed by atoms with E-state index in [0.29, 0.717) is 23.4 Å². The topological polar surface area (TPSA) is 211 Å². The van der Waals surface area contributed by atoms with Gasteiger partial charge in [-0.05, 0) is 30.7 Å². The molecule has 3 rings (SSSR count). The number of aromatic nitrogens is 4. The fourth-order valence-electron chi connectivity index (χ4n) is 3.03. The standard InChI is InChI=1S/C20H22N8O5.Na.H/c1-28(9-11-8-23-17-15(24-11)16(21)26-20(22)27-17)12-4-2-10(3-5-12)18(31)25-13(19(32)33)6-7-14(29)30;;/h2-5,8,13H,6-7,9H2,1H3,(H,25,31)(H,29,30)(H,32,33)(H4,21,22,23,26,27);;/t13-;;/m1../s1. The zero-order valence-electron chi connectivity index (χ0n) is 17.6. The van der Waals surface area contributed by atoms with Crippen molar-refractivity contribution in [1.82, 2.24) is 25.3 Å². The summed E-state index contributed by atoms with van der Waals surface area (Å²) in [7, 11) is 1.82. The van der Waals surface area contributed by atoms with Crippen molar-refractivity contribution in [1.29, 1.82) is 0 Å². The molecule has 3 aromatic rings. The summed E-state index contributed by atoms with van der Waals surface area (Å²) in [6, 6.07) is 5.16. The number of amides is 1. The number of hydrogen-bond acceptors (Lipinski definition) is 10. The first-order valence-corrected chi connectivity index (χ1v) is 9.75. The van der Waals surface area contributed by atoms with Crippen molar-refractivity contribution < 1.29 is 24.6 Å². The number of fused-ring (bicyclic) bond motifs is 1. The van der Waals surface area contributed by atoms with Crippen LogP contribution in [0.1, 0.15) is 28.9 Å². The second-order valence-electron chi connectivity index (χ2n) is 7.20. The third-order valence-corrected chi connectivity index (χ3v) is 4.72. The molecular weight excluding hydrogens is 455 g/mol. The molecule has 0 fully saturated rings. The minimum atomic E-state index is -1.30. The van der Waals surface area contributed by atoms with Gasteiger partial charge < -0.3 is 31.9 Å². The summed E-state index contributed by atoms with van der Waals surface area (Å²) < 4.78 is 0. The Kier molecular flexibility index (Phi) is 9.06. The second-order valence-corrected chi connectivity index (χ2v) is 7.20. The van der Waals surface area contributed by atoms with Crippen LogP contribution in [0.2, 0.25) is 0 Å². The van der Waals surface area contributed by atoms with Crippen LogP contribution in [-0.4, -0.2) is 90.6 Å². The Morgan fingerprint density at radius 2 is 1.76 bits per heavy atom. The van der Waals surface area contributed by atoms with Crippen LogP contribution in [0.4, 0.5) is 17.5 Å². The first kappa shape index (κ1) is 26.7. The molecular formula is C20H23N8NaO5. The Morgan fingerprint density at radius 3 is 2.38 bits per heavy atom. The van der Waals surface area contributed by atoms with Crippen LogP contribution in [0.3, 0.4) is 0 Å². The van der Waals surface area contributed by atoms with Crippen molar-refractivity contribution in [2.75, 3.05) is 23.4 Å². The van der Waals surface area contributed by atoms with Crippen LogP contribution in [0, 0.1) is 0 Å². The molecule has 13 nitrogen and oxygen atoms in total. The van der Waals surface area contributed by atoms with Gasteiger partial charge in [-0.3, -0.25) is 9.59 Å². The van der Waals surface area contributed by atoms with Crippen LogP contribution in [-0.2, 0) is 16.1 Å². The third-order valence-electron chi connectivity index (χ3n) is 4.72. The second kappa shape index (κ2) is 11.5. The Bertz CT molecular complexity index is 1210. The number of carboxylic acids is 2. The average Bonchev–Trinajstić information content (AvgIpc) is 2.76. The van der Waals surface area contributed by atoms with E-state index >= 15 is 0 Å². The number of hydrogen-bond donors (Lipinski definition) is 5. The molecule has 0 aliphatic heterocycles. The number of nitrogens with zero attached hydrogens (tertiary/aromatic N) is 5. The van der Waals surface area contributed by atoms with Crippen molar-refractivity contribution in [3.63, 3.8) is 0 Å². The van der Waals surface area contributed by atoms with E-state index in [1.54, 1.807) is 18.3 Å². The van der Waals surface area contributed by atoms with Gasteiger partial charge in [0.2, 0.25) is 5.95 Å². The molecule has 0 aliphatic rings. The number of aliphatic carboxylic acids is 2. The molecule has 34 heavy (non-hydrogen) atoms. The quantitative estimate of drug-likeness (QED) is 0.249. The number of anilines is 3. The number of carbonyl (C=O) groups excluding carboxylic acids is 1. The van der Waals surface area contributed by atoms with Gasteiger partial charge in [-0.25, -0.2) is 14.8 Å². The van der Waals surface area contributed by atoms with Gasteiger partial charge in [0.05, 0.1) is 18.4 Å². The number of nitrogens with one attached hydrogen (secondary N) is 1. The predicted molar refractivity (Wildman–Crippen MR) is 125 cm³/mol. The Balaban J connectivity index is 0.00000408. The number of nitrogen functional groups attached to an aromatic ring is 2. The predicted octanol–water partition coefficient (Wildman–Crippen LogP) is -0.380. The van der Waals surface area contributed by atoms with E-state index in [1.165, 1.54) is 12.1 Å². The number of rotatable bonds is 9. The molecule has 0 aliphatic carbocycles. The Morgan fingerprint density at radius 1 is 1.09 bits per heavy atom. The Labute approximate surface area is 215 Å². The fraction of sp³-hybridized carbons (Fsp3) is 0.250. The van der Waals surface area contributed by atoms with Gasteiger partial charge in [-0.1, -0.05) is 0 Å². The molecule has 2 heterocycles. The minimum absolute atomic E-state index is 0. The zero-order chi connectivity index (χ0) is 24.1. The van der Waals surface area contributed by atoms with Gasteiger partial charge in [-0.15, -0.1) is 0 Å². The first-order chi connectivity index (χ1) is 15.6. The van der Waals surface area contributed by atoms with Crippen LogP contribution in [0.25, 0.3) is 11.2 Å². The summed E-state index contributed by atoms with van der Waals surface area (Å²) in [5.74, 6) is -2.91. The maximum atomic E-state index is 12.4. The van der Waals surface area contributed by atoms with Gasteiger partial charge >= 0.3 is 41.5 Å². The molecule has 0 saturated carbocycles. The summed E-state index contributed by atoms with van der Waals surface area (Å²) in [4.78, 5) is 52.7. The van der Waals surface area contributed by atoms with Gasteiger partial charge in [0, 0.05) is 24.7 Å². The Hall–Kier alpha value is -3.55. The van der Waals surface area contributed by atoms with Crippen molar-refractivity contribution in [3.8, 4) is 0 Å². The molecule has 0 unspecified atom stereocenters. The third kappa shape index (κ3) is 6.73. The summed E-state index contributed by atoms with van der Waals surface area (Å²) in [5.41, 5.74) is 13.7. The number of carboxylic acid groups (broad SMARTS) is 2. The molecule has 0 radical (unpaired) electrons. The van der Waals surface area contributed by atoms with Crippen molar-refractivity contribution in [2.45, 2.75) is 25.4 Å². The normalized spacial score (nSPS) is 11.3. The van der Waals surface area contributed by atoms with E-state index in [-0.39, 0.29) is 59.7 Å². The van der Waals surface area contributed by atoms with E-state index < -0.39 is 23.9 Å². The van der Waals surface area contributed by atoms with Crippen molar-refractivity contribution in [3.05, 3.63) is 41.7 Å². The number of carbonyl (C=O) groups is 3. The summed E-state index contributed by atoms with van der Waals surface area (Å²) in [6.07, 6.45) is 0.964. The van der Waals surface area contributed by atoms with Gasteiger partial charge in [0.25, 0.3) is 5.91 Å². The molecule has 1 amide bonds. The first-order valence-electron chi connectivity index (χ1n) is 9.75. The molecule has 0 spiro atoms. The zero-order valence-corrected chi connectivity index (χ0v) is 17.6. The van der Waals surface area contributed by atoms with Gasteiger partial charge in [-0.2, -0.15) is 9.97 Å². The van der Waals surface area contributed by atoms with E-state index in [0.717, 1.165) is 5.69 Å². The van der Waals surface area contributed by atoms with E-state index in [1.807, 2.05) is 11.9 Å². The molecule has 174 valence electrons. The molecule has 7 N–H and O–H groups in total. The maximum absolute atomic E-state index is 12.4. The van der Waals surface area contributed by atoms with Crippen molar-refractivity contribution >= 4 is 76.0 Å². The molecule has 14 heteroatoms. The van der Waals surface area contributed by atoms with Gasteiger partial charge in [0.15, 0.2) is 17.0 Å². The summed E-state index contributed by atoms with van der Waals surface area (Å²) >= 11 is 0. The molecule has 0 bridgehead atoms. The van der Waals surface area contributed by atoms with Crippen LogP contribution in [0.5, 0.6) is 0 Å². The molecule has 1 atom stereocenters. The van der Waals surface area contributed by atoms with Crippen LogP contribution >= 0.6 is 0 Å². The fourth-order valence-corrected chi connectivity index (χ4v) is 3.03. The molecule has 0 saturated heterocycles. The van der Waals surface area contributed by atoms with Gasteiger partial charge in [0.1, 0.15) is 6.04 Å². The van der Waals surface area contributed by atoms with Crippen LogP contribution in [0.15, 0.2) is 30.5 Å². The SMILES string of the molecule is CN(Cc1cnc2nc(N)nc(N)c2n1)c1ccc(C(=O)N[C@H](CCC(=O)O)C(=O)O)cc1.[NaH]. The monoisotopic (exact) mass is 478 g/mol. The number of benzene rings is 1. The molecule has 2 aromatic heterocycles. The molecule has 1 aromatic carbocycles. The van der Waals surface area contributed by atoms with E-state index in [2.05, 4.69) is 25.3 Å². The van der Waals surface area contributed by atoms with E-state index in [9.17, 15) is 19.5 Å². The van der Waals surface area contributed by atoms with Crippen LogP contribution < -0.4 is 21.7 Å². The van der Waals surface area contributed by atoms with Crippen molar-refractivity contribution in [2.24, 2.45) is 0 Å². The summed E-state index contributed by atoms with van der Waals surface area (Å²) in [6.45, 7) is 0.370. The number of nitrogens with two attached hydrogens (primary N) is 2. The summed E-state index contributed by atoms with van der Waals surface area (Å²) in [5, 5.41) is 20.2. The van der Waals surface area contributed by atoms with E-state index in [4.69, 9.17) is 16.6 Å². The average molecular weight is 478 g/mol.